The highest BCUT2D eigenvalue weighted by atomic mass is 31.2. The van der Waals surface area contributed by atoms with Gasteiger partial charge in [-0.3, -0.25) is 14.2 Å². The summed E-state index contributed by atoms with van der Waals surface area (Å²) in [6.07, 6.45) is -2.25. The van der Waals surface area contributed by atoms with Crippen molar-refractivity contribution in [2.45, 2.75) is 32.1 Å². The van der Waals surface area contributed by atoms with Crippen LogP contribution in [0.4, 0.5) is 10.2 Å². The second-order valence-electron chi connectivity index (χ2n) is 7.92. The van der Waals surface area contributed by atoms with Gasteiger partial charge >= 0.3 is 7.82 Å². The SMILES string of the molecule is [2H]c1nc(Cc2c([2H])c(OC)c(OC)c(OC)c2[2H])nc(Cc2nc3c(c([2H])c2[2H])OC(C([2H])([2H])[2H])(C([2H])([2H])[2H])C(=O)N3COP(=O)(O)O)c1F. The highest BCUT2D eigenvalue weighted by molar-refractivity contribution is 7.46. The lowest BCUT2D eigenvalue weighted by molar-refractivity contribution is -0.133. The Hall–Kier alpha value is -3.84. The molecule has 2 aromatic heterocycles. The number of methoxy groups -OCH3 is 3. The lowest BCUT2D eigenvalue weighted by Gasteiger charge is -2.37. The molecule has 3 heterocycles. The Morgan fingerprint density at radius 1 is 1.12 bits per heavy atom. The molecule has 1 amide bonds. The van der Waals surface area contributed by atoms with E-state index in [1.807, 2.05) is 0 Å². The molecule has 0 bridgehead atoms. The van der Waals surface area contributed by atoms with Crippen molar-refractivity contribution in [3.8, 4) is 23.0 Å². The lowest BCUT2D eigenvalue weighted by atomic mass is 10.1. The first-order valence-corrected chi connectivity index (χ1v) is 12.5. The Labute approximate surface area is 244 Å². The third kappa shape index (κ3) is 6.31. The lowest BCUT2D eigenvalue weighted by Crippen LogP contribution is -2.53. The maximum atomic E-state index is 15.3. The van der Waals surface area contributed by atoms with Gasteiger partial charge in [0.15, 0.2) is 34.5 Å². The maximum Gasteiger partial charge on any atom is 0.471 e. The number of rotatable bonds is 10. The first-order chi connectivity index (χ1) is 23.4. The van der Waals surface area contributed by atoms with Crippen molar-refractivity contribution >= 4 is 19.5 Å². The molecule has 2 N–H and O–H groups in total. The molecule has 0 spiro atoms. The summed E-state index contributed by atoms with van der Waals surface area (Å²) in [6.45, 7) is -9.08. The quantitative estimate of drug-likeness (QED) is 0.333. The molecule has 0 saturated carbocycles. The number of hydrogen-bond donors (Lipinski definition) is 2. The summed E-state index contributed by atoms with van der Waals surface area (Å²) in [7, 11) is -1.67. The summed E-state index contributed by atoms with van der Waals surface area (Å²) in [5.74, 6) is -5.77. The van der Waals surface area contributed by atoms with Crippen molar-refractivity contribution in [1.29, 1.82) is 0 Å². The van der Waals surface area contributed by atoms with E-state index in [4.69, 9.17) is 34.0 Å². The predicted molar refractivity (Wildman–Crippen MR) is 138 cm³/mol. The van der Waals surface area contributed by atoms with Crippen LogP contribution in [0.5, 0.6) is 23.0 Å². The first kappa shape index (κ1) is 17.8. The van der Waals surface area contributed by atoms with Gasteiger partial charge in [0.1, 0.15) is 12.6 Å². The standard InChI is InChI=1S/C25H28FN4O9P/c1-25(2)24(31)30(13-38-40(32,33)34)23-18(39-25)7-6-15(28-23)11-17-16(26)12-27-21(29-17)10-14-8-19(35-3)22(37-5)20(9-14)36-4/h6-9,12H,10-11,13H2,1-5H3,(H2,32,33,34)/i1D3,2D3,6D,7D,8D,9D,12D. The number of carbonyl (C=O) groups excluding carboxylic acids is 1. The van der Waals surface area contributed by atoms with Gasteiger partial charge in [0.2, 0.25) is 5.75 Å². The molecule has 0 aliphatic carbocycles. The fourth-order valence-corrected chi connectivity index (χ4v) is 3.73. The topological polar surface area (TPSA) is 163 Å². The van der Waals surface area contributed by atoms with E-state index in [0.29, 0.717) is 0 Å². The minimum atomic E-state index is -5.42. The van der Waals surface area contributed by atoms with Crippen molar-refractivity contribution in [2.24, 2.45) is 0 Å². The van der Waals surface area contributed by atoms with Gasteiger partial charge in [-0.1, -0.05) is 0 Å². The summed E-state index contributed by atoms with van der Waals surface area (Å²) in [4.78, 5) is 44.1. The van der Waals surface area contributed by atoms with Crippen molar-refractivity contribution in [3.63, 3.8) is 0 Å². The summed E-state index contributed by atoms with van der Waals surface area (Å²) >= 11 is 0. The normalized spacial score (nSPS) is 19.0. The molecule has 15 heteroatoms. The molecule has 0 unspecified atom stereocenters. The summed E-state index contributed by atoms with van der Waals surface area (Å²) < 4.78 is 142. The van der Waals surface area contributed by atoms with E-state index in [0.717, 1.165) is 0 Å². The van der Waals surface area contributed by atoms with Crippen molar-refractivity contribution in [3.05, 3.63) is 58.9 Å². The van der Waals surface area contributed by atoms with Crippen LogP contribution in [-0.2, 0) is 26.7 Å². The molecule has 3 aromatic rings. The van der Waals surface area contributed by atoms with Crippen LogP contribution in [-0.4, -0.2) is 64.3 Å². The van der Waals surface area contributed by atoms with Crippen LogP contribution < -0.4 is 23.8 Å². The van der Waals surface area contributed by atoms with E-state index in [1.165, 1.54) is 21.3 Å². The molecule has 4 rings (SSSR count). The molecule has 0 radical (unpaired) electrons. The Bertz CT molecular complexity index is 1900. The van der Waals surface area contributed by atoms with Crippen molar-refractivity contribution in [2.75, 3.05) is 33.0 Å². The second kappa shape index (κ2) is 11.3. The maximum absolute atomic E-state index is 15.3. The number of carbonyl (C=O) groups is 1. The number of ether oxygens (including phenoxy) is 4. The number of phosphoric acid groups is 1. The smallest absolute Gasteiger partial charge is 0.471 e. The largest absolute Gasteiger partial charge is 0.493 e. The third-order valence-corrected chi connectivity index (χ3v) is 5.65. The number of pyridine rings is 1. The van der Waals surface area contributed by atoms with E-state index < -0.39 is 99.6 Å². The van der Waals surface area contributed by atoms with Crippen LogP contribution >= 0.6 is 7.82 Å². The molecular formula is C25H28FN4O9P. The monoisotopic (exact) mass is 589 g/mol. The molecule has 1 aliphatic rings. The average Bonchev–Trinajstić information content (AvgIpc) is 3.01. The average molecular weight is 590 g/mol. The number of aromatic nitrogens is 3. The number of hydrogen-bond acceptors (Lipinski definition) is 10. The molecule has 1 aliphatic heterocycles. The van der Waals surface area contributed by atoms with Crippen molar-refractivity contribution in [1.82, 2.24) is 15.0 Å². The zero-order valence-corrected chi connectivity index (χ0v) is 21.9. The van der Waals surface area contributed by atoms with Gasteiger partial charge in [0, 0.05) is 26.8 Å². The number of nitrogens with zero attached hydrogens (tertiary/aromatic N) is 4. The zero-order valence-electron chi connectivity index (χ0n) is 32.0. The van der Waals surface area contributed by atoms with Crippen LogP contribution in [0.15, 0.2) is 30.3 Å². The summed E-state index contributed by atoms with van der Waals surface area (Å²) in [5, 5.41) is 0. The number of halogens is 1. The first-order valence-electron chi connectivity index (χ1n) is 16.5. The van der Waals surface area contributed by atoms with Crippen LogP contribution in [0.2, 0.25) is 0 Å². The van der Waals surface area contributed by atoms with Gasteiger partial charge in [-0.2, -0.15) is 0 Å². The number of anilines is 1. The molecule has 40 heavy (non-hydrogen) atoms. The van der Waals surface area contributed by atoms with Gasteiger partial charge in [-0.05, 0) is 43.4 Å². The number of phosphoric ester groups is 1. The number of fused-ring (bicyclic) bond motifs is 1. The molecule has 214 valence electrons. The summed E-state index contributed by atoms with van der Waals surface area (Å²) in [6, 6.07) is -2.63. The van der Waals surface area contributed by atoms with Gasteiger partial charge in [0.25, 0.3) is 5.91 Å². The molecule has 0 atom stereocenters. The highest BCUT2D eigenvalue weighted by Crippen LogP contribution is 2.41. The fourth-order valence-electron chi connectivity index (χ4n) is 3.47. The minimum absolute atomic E-state index is 0.0500. The van der Waals surface area contributed by atoms with Crippen LogP contribution in [0, 0.1) is 5.82 Å². The minimum Gasteiger partial charge on any atom is -0.493 e. The van der Waals surface area contributed by atoms with Gasteiger partial charge in [0.05, 0.1) is 40.1 Å². The van der Waals surface area contributed by atoms with Crippen molar-refractivity contribution < 1.29 is 62.1 Å². The van der Waals surface area contributed by atoms with E-state index >= 15 is 4.39 Å². The molecule has 0 saturated heterocycles. The Kier molecular flexibility index (Phi) is 5.04. The van der Waals surface area contributed by atoms with E-state index in [9.17, 15) is 19.1 Å². The van der Waals surface area contributed by atoms with Gasteiger partial charge in [-0.15, -0.1) is 0 Å². The summed E-state index contributed by atoms with van der Waals surface area (Å²) in [5.41, 5.74) is -5.02. The van der Waals surface area contributed by atoms with Gasteiger partial charge < -0.3 is 28.7 Å². The third-order valence-electron chi connectivity index (χ3n) is 5.20. The van der Waals surface area contributed by atoms with Gasteiger partial charge in [-0.25, -0.2) is 23.9 Å². The van der Waals surface area contributed by atoms with Crippen LogP contribution in [0.25, 0.3) is 0 Å². The van der Waals surface area contributed by atoms with Crippen LogP contribution in [0.1, 0.15) is 51.6 Å². The molecule has 1 aromatic carbocycles. The predicted octanol–water partition coefficient (Wildman–Crippen LogP) is 2.79. The zero-order chi connectivity index (χ0) is 38.6. The van der Waals surface area contributed by atoms with E-state index in [2.05, 4.69) is 19.5 Å². The number of amides is 1. The Morgan fingerprint density at radius 3 is 2.42 bits per heavy atom. The highest BCUT2D eigenvalue weighted by Gasteiger charge is 2.42. The molecule has 0 fully saturated rings. The fraction of sp³-hybridized carbons (Fsp3) is 0.360. The van der Waals surface area contributed by atoms with Crippen LogP contribution in [0.3, 0.4) is 0 Å². The Balaban J connectivity index is 1.88. The number of benzene rings is 1. The Morgan fingerprint density at radius 2 is 1.82 bits per heavy atom. The van der Waals surface area contributed by atoms with E-state index in [-0.39, 0.29) is 45.6 Å². The second-order valence-corrected chi connectivity index (χ2v) is 9.16. The van der Waals surface area contributed by atoms with E-state index in [1.54, 1.807) is 0 Å². The molecular weight excluding hydrogens is 550 g/mol. The molecule has 13 nitrogen and oxygen atoms in total.